The summed E-state index contributed by atoms with van der Waals surface area (Å²) in [5.41, 5.74) is 12.2. The molecule has 0 bridgehead atoms. The largest absolute Gasteiger partial charge is 2.00 e. The van der Waals surface area contributed by atoms with Crippen LogP contribution < -0.4 is 4.98 Å². The van der Waals surface area contributed by atoms with E-state index in [-0.39, 0.29) is 31.9 Å². The second-order valence-corrected chi connectivity index (χ2v) is 14.1. The van der Waals surface area contributed by atoms with Crippen molar-refractivity contribution in [3.8, 4) is 39.6 Å². The van der Waals surface area contributed by atoms with Crippen LogP contribution in [0.5, 0.6) is 0 Å². The Balaban J connectivity index is 0.00000372. The second-order valence-electron chi connectivity index (χ2n) is 14.1. The number of fused-ring (bicyclic) bond motifs is 2. The third kappa shape index (κ3) is 5.87. The van der Waals surface area contributed by atoms with E-state index in [0.717, 1.165) is 67.2 Å². The molecule has 0 N–H and O–H groups in total. The molecular weight excluding hydrogens is 744 g/mol. The normalized spacial score (nSPS) is 12.1. The molecule has 46 heavy (non-hydrogen) atoms. The maximum atomic E-state index is 5.34. The van der Waals surface area contributed by atoms with Crippen LogP contribution in [0.15, 0.2) is 103 Å². The molecule has 0 atom stereocenters. The van der Waals surface area contributed by atoms with E-state index in [1.54, 1.807) is 0 Å². The van der Waals surface area contributed by atoms with E-state index in [0.29, 0.717) is 0 Å². The standard InChI is InChI=1S/C41H38N4.Pt/c1-26-17-19-35(42-26)33-25-31(41(5,6)7)22-27-18-20-34(43-38(27)33)28-21-29(24-30(23-28)40(2,3)4)39-44-36-15-11-12-16-37(36)45(39)32-13-9-8-10-14-32;/h8-20,22-25H,1-7H3;/q-2;+2. The van der Waals surface area contributed by atoms with Crippen molar-refractivity contribution in [2.45, 2.75) is 59.3 Å². The van der Waals surface area contributed by atoms with Crippen LogP contribution in [0, 0.1) is 13.0 Å². The summed E-state index contributed by atoms with van der Waals surface area (Å²) >= 11 is 0. The molecule has 0 radical (unpaired) electrons. The number of pyridine rings is 1. The SMILES string of the molecule is Cc1ccc(-c2cc(C(C)(C)C)cc3ccc(-c4[c-]c(-c5nc6ccccc6n5-c5ccccc5)cc(C(C)(C)C)c4)nc23)[n-]1.[Pt+2]. The van der Waals surface area contributed by atoms with Gasteiger partial charge in [-0.3, -0.25) is 9.97 Å². The van der Waals surface area contributed by atoms with Gasteiger partial charge < -0.3 is 9.55 Å². The number of hydrogen-bond acceptors (Lipinski definition) is 2. The van der Waals surface area contributed by atoms with Crippen molar-refractivity contribution in [1.82, 2.24) is 19.5 Å². The maximum Gasteiger partial charge on any atom is 2.00 e. The summed E-state index contributed by atoms with van der Waals surface area (Å²) in [4.78, 5) is 15.4. The minimum absolute atomic E-state index is 0. The fourth-order valence-electron chi connectivity index (χ4n) is 5.93. The minimum Gasteiger partial charge on any atom is -0.661 e. The molecule has 5 heteroatoms. The van der Waals surface area contributed by atoms with Crippen molar-refractivity contribution in [3.63, 3.8) is 0 Å². The van der Waals surface area contributed by atoms with Gasteiger partial charge in [-0.15, -0.1) is 29.5 Å². The number of para-hydroxylation sites is 3. The van der Waals surface area contributed by atoms with Gasteiger partial charge in [-0.25, -0.2) is 0 Å². The van der Waals surface area contributed by atoms with Gasteiger partial charge in [0.15, 0.2) is 0 Å². The Morgan fingerprint density at radius 3 is 2.04 bits per heavy atom. The van der Waals surface area contributed by atoms with Gasteiger partial charge in [0, 0.05) is 11.4 Å². The Labute approximate surface area is 286 Å². The van der Waals surface area contributed by atoms with Crippen LogP contribution in [0.3, 0.4) is 0 Å². The van der Waals surface area contributed by atoms with Crippen LogP contribution >= 0.6 is 0 Å². The molecule has 7 aromatic rings. The van der Waals surface area contributed by atoms with E-state index in [2.05, 4.69) is 143 Å². The first kappa shape index (κ1) is 31.7. The third-order valence-electron chi connectivity index (χ3n) is 8.54. The van der Waals surface area contributed by atoms with Gasteiger partial charge in [0.25, 0.3) is 0 Å². The molecule has 3 aromatic heterocycles. The number of rotatable bonds is 4. The van der Waals surface area contributed by atoms with Gasteiger partial charge in [0.05, 0.1) is 22.4 Å². The van der Waals surface area contributed by atoms with Crippen LogP contribution in [0.4, 0.5) is 0 Å². The summed E-state index contributed by atoms with van der Waals surface area (Å²) in [5.74, 6) is 0.863. The predicted molar refractivity (Wildman–Crippen MR) is 187 cm³/mol. The molecule has 4 nitrogen and oxygen atoms in total. The number of aryl methyl sites for hydroxylation is 1. The third-order valence-corrected chi connectivity index (χ3v) is 8.54. The average molecular weight is 782 g/mol. The maximum absolute atomic E-state index is 5.34. The second kappa shape index (κ2) is 11.8. The molecule has 0 aliphatic rings. The van der Waals surface area contributed by atoms with Gasteiger partial charge in [-0.05, 0) is 57.7 Å². The van der Waals surface area contributed by atoms with Gasteiger partial charge in [0.2, 0.25) is 0 Å². The van der Waals surface area contributed by atoms with Crippen molar-refractivity contribution >= 4 is 21.9 Å². The molecule has 232 valence electrons. The molecule has 0 amide bonds. The van der Waals surface area contributed by atoms with Crippen LogP contribution in [0.25, 0.3) is 61.5 Å². The summed E-state index contributed by atoms with van der Waals surface area (Å²) in [7, 11) is 0. The van der Waals surface area contributed by atoms with Gasteiger partial charge >= 0.3 is 21.1 Å². The predicted octanol–water partition coefficient (Wildman–Crippen LogP) is 10.2. The van der Waals surface area contributed by atoms with Crippen LogP contribution in [0.2, 0.25) is 0 Å². The Morgan fingerprint density at radius 2 is 1.35 bits per heavy atom. The number of hydrogen-bond donors (Lipinski definition) is 0. The van der Waals surface area contributed by atoms with Crippen molar-refractivity contribution < 1.29 is 21.1 Å². The van der Waals surface area contributed by atoms with Crippen LogP contribution in [-0.2, 0) is 31.9 Å². The fourth-order valence-corrected chi connectivity index (χ4v) is 5.93. The van der Waals surface area contributed by atoms with E-state index in [1.165, 1.54) is 11.1 Å². The van der Waals surface area contributed by atoms with Crippen molar-refractivity contribution in [1.29, 1.82) is 0 Å². The summed E-state index contributed by atoms with van der Waals surface area (Å²) in [6, 6.07) is 40.0. The van der Waals surface area contributed by atoms with E-state index in [1.807, 2.05) is 19.1 Å². The number of imidazole rings is 1. The molecule has 4 aromatic carbocycles. The quantitative estimate of drug-likeness (QED) is 0.167. The molecule has 0 saturated heterocycles. The van der Waals surface area contributed by atoms with Gasteiger partial charge in [-0.2, -0.15) is 5.69 Å². The molecule has 0 aliphatic heterocycles. The first-order chi connectivity index (χ1) is 21.5. The average Bonchev–Trinajstić information content (AvgIpc) is 3.63. The molecule has 0 spiro atoms. The van der Waals surface area contributed by atoms with E-state index in [4.69, 9.17) is 15.0 Å². The number of nitrogens with zero attached hydrogens (tertiary/aromatic N) is 4. The first-order valence-corrected chi connectivity index (χ1v) is 15.6. The first-order valence-electron chi connectivity index (χ1n) is 15.6. The zero-order valence-corrected chi connectivity index (χ0v) is 29.7. The van der Waals surface area contributed by atoms with Crippen LogP contribution in [0.1, 0.15) is 58.4 Å². The van der Waals surface area contributed by atoms with Gasteiger partial charge in [0.1, 0.15) is 0 Å². The molecule has 0 unspecified atom stereocenters. The van der Waals surface area contributed by atoms with E-state index >= 15 is 0 Å². The molecule has 7 rings (SSSR count). The van der Waals surface area contributed by atoms with Crippen molar-refractivity contribution in [2.75, 3.05) is 0 Å². The van der Waals surface area contributed by atoms with Crippen LogP contribution in [-0.4, -0.2) is 14.5 Å². The summed E-state index contributed by atoms with van der Waals surface area (Å²) in [6.07, 6.45) is 0. The number of aromatic nitrogens is 4. The molecule has 3 heterocycles. The topological polar surface area (TPSA) is 44.8 Å². The Bertz CT molecular complexity index is 2190. The Kier molecular flexibility index (Phi) is 8.15. The monoisotopic (exact) mass is 781 g/mol. The molecule has 0 saturated carbocycles. The number of benzene rings is 4. The smallest absolute Gasteiger partial charge is 0.661 e. The molecule has 0 fully saturated rings. The zero-order chi connectivity index (χ0) is 31.5. The Morgan fingerprint density at radius 1 is 0.674 bits per heavy atom. The fraction of sp³-hybridized carbons (Fsp3) is 0.220. The summed E-state index contributed by atoms with van der Waals surface area (Å²) in [5, 5.41) is 1.11. The van der Waals surface area contributed by atoms with E-state index < -0.39 is 0 Å². The van der Waals surface area contributed by atoms with Crippen molar-refractivity contribution in [3.05, 3.63) is 126 Å². The Hall–Kier alpha value is -4.27. The molecule has 0 aliphatic carbocycles. The van der Waals surface area contributed by atoms with Crippen molar-refractivity contribution in [2.24, 2.45) is 0 Å². The molecular formula is C41H38N4Pt. The summed E-state index contributed by atoms with van der Waals surface area (Å²) < 4.78 is 2.24. The minimum atomic E-state index is -0.0947. The zero-order valence-electron chi connectivity index (χ0n) is 27.4. The van der Waals surface area contributed by atoms with E-state index in [9.17, 15) is 0 Å². The van der Waals surface area contributed by atoms with Gasteiger partial charge in [-0.1, -0.05) is 120 Å². The summed E-state index contributed by atoms with van der Waals surface area (Å²) in [6.45, 7) is 15.5.